The van der Waals surface area contributed by atoms with E-state index in [1.807, 2.05) is 31.2 Å². The molecule has 1 aromatic heterocycles. The summed E-state index contributed by atoms with van der Waals surface area (Å²) in [5.74, 6) is 0.0252. The van der Waals surface area contributed by atoms with Crippen molar-refractivity contribution in [3.05, 3.63) is 52.0 Å². The van der Waals surface area contributed by atoms with Crippen molar-refractivity contribution in [3.63, 3.8) is 0 Å². The fourth-order valence-corrected chi connectivity index (χ4v) is 3.50. The summed E-state index contributed by atoms with van der Waals surface area (Å²) in [4.78, 5) is 5.04. The Morgan fingerprint density at radius 1 is 1.37 bits per heavy atom. The van der Waals surface area contributed by atoms with Crippen molar-refractivity contribution in [3.8, 4) is 0 Å². The lowest BCUT2D eigenvalue weighted by Crippen LogP contribution is -2.27. The number of nitrogens with one attached hydrogen (secondary N) is 1. The van der Waals surface area contributed by atoms with Gasteiger partial charge in [0.1, 0.15) is 0 Å². The molecular formula is C13H16N2O2S2. The first-order chi connectivity index (χ1) is 9.05. The van der Waals surface area contributed by atoms with Crippen molar-refractivity contribution < 1.29 is 8.42 Å². The van der Waals surface area contributed by atoms with E-state index in [9.17, 15) is 8.42 Å². The fraction of sp³-hybridized carbons (Fsp3) is 0.308. The van der Waals surface area contributed by atoms with Gasteiger partial charge in [-0.05, 0) is 18.9 Å². The van der Waals surface area contributed by atoms with Crippen molar-refractivity contribution in [2.24, 2.45) is 0 Å². The smallest absolute Gasteiger partial charge is 0.215 e. The van der Waals surface area contributed by atoms with Crippen LogP contribution in [-0.4, -0.2) is 19.9 Å². The molecule has 1 heterocycles. The standard InChI is InChI=1S/C13H16N2O2S2/c1-11-3-2-4-12(7-11)9-19(16,17)15-6-5-13-8-14-10-18-13/h2-4,7-8,10,15H,5-6,9H2,1H3. The van der Waals surface area contributed by atoms with Crippen molar-refractivity contribution >= 4 is 21.4 Å². The van der Waals surface area contributed by atoms with Crippen LogP contribution in [-0.2, 0) is 22.2 Å². The Morgan fingerprint density at radius 2 is 2.21 bits per heavy atom. The highest BCUT2D eigenvalue weighted by atomic mass is 32.2. The third-order valence-electron chi connectivity index (χ3n) is 2.62. The van der Waals surface area contributed by atoms with Crippen LogP contribution in [0, 0.1) is 6.92 Å². The normalized spacial score (nSPS) is 11.6. The number of hydrogen-bond acceptors (Lipinski definition) is 4. The summed E-state index contributed by atoms with van der Waals surface area (Å²) in [7, 11) is -3.27. The van der Waals surface area contributed by atoms with Crippen LogP contribution < -0.4 is 4.72 Å². The van der Waals surface area contributed by atoms with E-state index in [0.717, 1.165) is 16.0 Å². The Hall–Kier alpha value is -1.24. The number of benzene rings is 1. The summed E-state index contributed by atoms with van der Waals surface area (Å²) in [5, 5.41) is 0. The number of nitrogens with zero attached hydrogens (tertiary/aromatic N) is 1. The van der Waals surface area contributed by atoms with Gasteiger partial charge in [-0.3, -0.25) is 4.98 Å². The molecule has 2 rings (SSSR count). The zero-order valence-corrected chi connectivity index (χ0v) is 12.3. The van der Waals surface area contributed by atoms with Crippen LogP contribution in [0.3, 0.4) is 0 Å². The zero-order chi connectivity index (χ0) is 13.7. The molecule has 1 aromatic carbocycles. The summed E-state index contributed by atoms with van der Waals surface area (Å²) in [6.07, 6.45) is 2.44. The van der Waals surface area contributed by atoms with Crippen molar-refractivity contribution in [2.75, 3.05) is 6.54 Å². The highest BCUT2D eigenvalue weighted by Crippen LogP contribution is 2.09. The zero-order valence-electron chi connectivity index (χ0n) is 10.7. The maximum Gasteiger partial charge on any atom is 0.215 e. The summed E-state index contributed by atoms with van der Waals surface area (Å²) in [6.45, 7) is 2.36. The van der Waals surface area contributed by atoms with Crippen LogP contribution >= 0.6 is 11.3 Å². The molecule has 4 nitrogen and oxygen atoms in total. The van der Waals surface area contributed by atoms with Gasteiger partial charge in [-0.25, -0.2) is 13.1 Å². The van der Waals surface area contributed by atoms with E-state index in [0.29, 0.717) is 13.0 Å². The first-order valence-corrected chi connectivity index (χ1v) is 8.48. The second kappa shape index (κ2) is 6.27. The van der Waals surface area contributed by atoms with Crippen LogP contribution in [0.4, 0.5) is 0 Å². The summed E-state index contributed by atoms with van der Waals surface area (Å²) < 4.78 is 26.4. The number of sulfonamides is 1. The van der Waals surface area contributed by atoms with E-state index in [-0.39, 0.29) is 5.75 Å². The Morgan fingerprint density at radius 3 is 2.89 bits per heavy atom. The minimum absolute atomic E-state index is 0.0252. The molecule has 19 heavy (non-hydrogen) atoms. The molecular weight excluding hydrogens is 280 g/mol. The van der Waals surface area contributed by atoms with Crippen LogP contribution in [0.25, 0.3) is 0 Å². The molecule has 0 amide bonds. The highest BCUT2D eigenvalue weighted by Gasteiger charge is 2.11. The summed E-state index contributed by atoms with van der Waals surface area (Å²) in [6, 6.07) is 7.54. The lowest BCUT2D eigenvalue weighted by Gasteiger charge is -2.06. The monoisotopic (exact) mass is 296 g/mol. The number of rotatable bonds is 6. The Balaban J connectivity index is 1.88. The number of thiazole rings is 1. The van der Waals surface area contributed by atoms with Gasteiger partial charge in [0.25, 0.3) is 0 Å². The summed E-state index contributed by atoms with van der Waals surface area (Å²) >= 11 is 1.53. The molecule has 1 N–H and O–H groups in total. The summed E-state index contributed by atoms with van der Waals surface area (Å²) in [5.41, 5.74) is 3.62. The van der Waals surface area contributed by atoms with E-state index >= 15 is 0 Å². The predicted molar refractivity (Wildman–Crippen MR) is 77.6 cm³/mol. The van der Waals surface area contributed by atoms with Gasteiger partial charge in [0.2, 0.25) is 10.0 Å². The van der Waals surface area contributed by atoms with E-state index in [1.54, 1.807) is 11.7 Å². The quantitative estimate of drug-likeness (QED) is 0.888. The number of hydrogen-bond donors (Lipinski definition) is 1. The predicted octanol–water partition coefficient (Wildman–Crippen LogP) is 2.11. The topological polar surface area (TPSA) is 59.1 Å². The number of aryl methyl sites for hydroxylation is 1. The van der Waals surface area contributed by atoms with Crippen LogP contribution in [0.2, 0.25) is 0 Å². The van der Waals surface area contributed by atoms with Crippen molar-refractivity contribution in [1.29, 1.82) is 0 Å². The van der Waals surface area contributed by atoms with Gasteiger partial charge in [-0.15, -0.1) is 11.3 Å². The van der Waals surface area contributed by atoms with E-state index < -0.39 is 10.0 Å². The van der Waals surface area contributed by atoms with Crippen molar-refractivity contribution in [2.45, 2.75) is 19.1 Å². The molecule has 0 aliphatic heterocycles. The van der Waals surface area contributed by atoms with Crippen LogP contribution in [0.5, 0.6) is 0 Å². The fourth-order valence-electron chi connectivity index (χ4n) is 1.77. The lowest BCUT2D eigenvalue weighted by atomic mass is 10.2. The SMILES string of the molecule is Cc1cccc(CS(=O)(=O)NCCc2cncs2)c1. The third-order valence-corrected chi connectivity index (χ3v) is 4.81. The van der Waals surface area contributed by atoms with Gasteiger partial charge in [-0.2, -0.15) is 0 Å². The van der Waals surface area contributed by atoms with Gasteiger partial charge in [0.05, 0.1) is 11.3 Å². The average molecular weight is 296 g/mol. The van der Waals surface area contributed by atoms with Gasteiger partial charge in [-0.1, -0.05) is 29.8 Å². The minimum Gasteiger partial charge on any atom is -0.253 e. The molecule has 102 valence electrons. The molecule has 0 aliphatic carbocycles. The molecule has 0 fully saturated rings. The van der Waals surface area contributed by atoms with Gasteiger partial charge < -0.3 is 0 Å². The van der Waals surface area contributed by atoms with E-state index in [1.165, 1.54) is 11.3 Å². The molecule has 0 spiro atoms. The second-order valence-electron chi connectivity index (χ2n) is 4.36. The Kier molecular flexibility index (Phi) is 4.68. The molecule has 6 heteroatoms. The molecule has 0 saturated carbocycles. The van der Waals surface area contributed by atoms with Gasteiger partial charge in [0, 0.05) is 17.6 Å². The lowest BCUT2D eigenvalue weighted by molar-refractivity contribution is 0.581. The highest BCUT2D eigenvalue weighted by molar-refractivity contribution is 7.88. The van der Waals surface area contributed by atoms with E-state index in [4.69, 9.17) is 0 Å². The van der Waals surface area contributed by atoms with Crippen molar-refractivity contribution in [1.82, 2.24) is 9.71 Å². The number of aromatic nitrogens is 1. The minimum atomic E-state index is -3.27. The van der Waals surface area contributed by atoms with E-state index in [2.05, 4.69) is 9.71 Å². The third kappa shape index (κ3) is 4.74. The molecule has 0 unspecified atom stereocenters. The Labute approximate surface area is 117 Å². The molecule has 0 aliphatic rings. The molecule has 0 atom stereocenters. The van der Waals surface area contributed by atoms with Gasteiger partial charge in [0.15, 0.2) is 0 Å². The molecule has 0 radical (unpaired) electrons. The van der Waals surface area contributed by atoms with Gasteiger partial charge >= 0.3 is 0 Å². The average Bonchev–Trinajstić information content (AvgIpc) is 2.81. The Bertz CT molecular complexity index is 622. The maximum absolute atomic E-state index is 11.9. The maximum atomic E-state index is 11.9. The first kappa shape index (κ1) is 14.2. The molecule has 0 saturated heterocycles. The van der Waals surface area contributed by atoms with Crippen LogP contribution in [0.15, 0.2) is 36.0 Å². The largest absolute Gasteiger partial charge is 0.253 e. The molecule has 0 bridgehead atoms. The van der Waals surface area contributed by atoms with Crippen LogP contribution in [0.1, 0.15) is 16.0 Å². The second-order valence-corrected chi connectivity index (χ2v) is 7.14. The first-order valence-electron chi connectivity index (χ1n) is 5.95. The molecule has 2 aromatic rings.